The van der Waals surface area contributed by atoms with Gasteiger partial charge in [0.1, 0.15) is 23.4 Å². The molecule has 0 amide bonds. The molecule has 1 unspecified atom stereocenters. The van der Waals surface area contributed by atoms with Crippen LogP contribution in [0.25, 0.3) is 22.6 Å². The lowest BCUT2D eigenvalue weighted by Gasteiger charge is -2.15. The summed E-state index contributed by atoms with van der Waals surface area (Å²) in [7, 11) is 0. The number of hydrogen-bond donors (Lipinski definition) is 2. The molecule has 0 aliphatic carbocycles. The number of rotatable bonds is 5. The van der Waals surface area contributed by atoms with Crippen molar-refractivity contribution in [1.29, 1.82) is 0 Å². The highest BCUT2D eigenvalue weighted by atomic mass is 19.1. The fourth-order valence-electron chi connectivity index (χ4n) is 3.58. The van der Waals surface area contributed by atoms with Gasteiger partial charge in [0.25, 0.3) is 0 Å². The fraction of sp³-hybridized carbons (Fsp3) is 0.238. The third-order valence-corrected chi connectivity index (χ3v) is 5.13. The molecule has 0 radical (unpaired) electrons. The number of nitrogens with two attached hydrogens (primary N) is 2. The Hall–Kier alpha value is -3.86. The van der Waals surface area contributed by atoms with Crippen LogP contribution >= 0.6 is 0 Å². The van der Waals surface area contributed by atoms with Crippen LogP contribution in [0.4, 0.5) is 20.4 Å². The minimum Gasteiger partial charge on any atom is -0.481 e. The van der Waals surface area contributed by atoms with Gasteiger partial charge in [-0.15, -0.1) is 0 Å². The Morgan fingerprint density at radius 1 is 1.16 bits per heavy atom. The van der Waals surface area contributed by atoms with Crippen molar-refractivity contribution < 1.29 is 18.3 Å². The molecule has 1 aliphatic heterocycles. The Balaban J connectivity index is 1.58. The minimum absolute atomic E-state index is 0.0283. The maximum atomic E-state index is 14.2. The van der Waals surface area contributed by atoms with Crippen molar-refractivity contribution in [1.82, 2.24) is 24.7 Å². The van der Waals surface area contributed by atoms with Gasteiger partial charge in [-0.1, -0.05) is 18.2 Å². The van der Waals surface area contributed by atoms with Gasteiger partial charge in [-0.25, -0.2) is 28.4 Å². The average molecular weight is 439 g/mol. The number of fused-ring (bicyclic) bond motifs is 1. The molecule has 4 heterocycles. The van der Waals surface area contributed by atoms with Crippen LogP contribution < -0.4 is 16.2 Å². The van der Waals surface area contributed by atoms with Crippen LogP contribution in [0.15, 0.2) is 36.5 Å². The number of hydrogen-bond acceptors (Lipinski definition) is 8. The molecule has 5 rings (SSSR count). The van der Waals surface area contributed by atoms with Crippen LogP contribution in [-0.4, -0.2) is 44.1 Å². The Bertz CT molecular complexity index is 1280. The van der Waals surface area contributed by atoms with Crippen LogP contribution in [0.5, 0.6) is 5.75 Å². The molecule has 3 aromatic heterocycles. The predicted octanol–water partition coefficient (Wildman–Crippen LogP) is 2.55. The quantitative estimate of drug-likeness (QED) is 0.486. The van der Waals surface area contributed by atoms with E-state index in [1.807, 2.05) is 0 Å². The molecule has 11 heteroatoms. The molecule has 164 valence electrons. The number of nitrogen functional groups attached to an aromatic ring is 2. The van der Waals surface area contributed by atoms with E-state index in [9.17, 15) is 8.78 Å². The fourth-order valence-corrected chi connectivity index (χ4v) is 3.58. The van der Waals surface area contributed by atoms with Crippen molar-refractivity contribution >= 4 is 22.7 Å². The largest absolute Gasteiger partial charge is 0.481 e. The van der Waals surface area contributed by atoms with E-state index in [2.05, 4.69) is 20.1 Å². The van der Waals surface area contributed by atoms with Gasteiger partial charge in [0.05, 0.1) is 31.3 Å². The van der Waals surface area contributed by atoms with Gasteiger partial charge in [-0.3, -0.25) is 0 Å². The Kier molecular flexibility index (Phi) is 5.02. The second kappa shape index (κ2) is 8.00. The molecule has 1 atom stereocenters. The molecule has 1 aromatic carbocycles. The predicted molar refractivity (Wildman–Crippen MR) is 113 cm³/mol. The first-order chi connectivity index (χ1) is 15.5. The van der Waals surface area contributed by atoms with E-state index >= 15 is 0 Å². The van der Waals surface area contributed by atoms with Crippen LogP contribution in [0.3, 0.4) is 0 Å². The number of anilines is 2. The molecule has 0 spiro atoms. The summed E-state index contributed by atoms with van der Waals surface area (Å²) in [6.45, 7) is 1.10. The summed E-state index contributed by atoms with van der Waals surface area (Å²) in [4.78, 5) is 12.7. The molecule has 1 fully saturated rings. The van der Waals surface area contributed by atoms with Crippen molar-refractivity contribution in [3.8, 4) is 17.3 Å². The Morgan fingerprint density at radius 3 is 2.66 bits per heavy atom. The summed E-state index contributed by atoms with van der Waals surface area (Å²) >= 11 is 0. The molecule has 0 bridgehead atoms. The lowest BCUT2D eigenvalue weighted by molar-refractivity contribution is 0.142. The summed E-state index contributed by atoms with van der Waals surface area (Å²) in [5.41, 5.74) is 13.1. The van der Waals surface area contributed by atoms with Crippen molar-refractivity contribution in [3.05, 3.63) is 53.7 Å². The van der Waals surface area contributed by atoms with Gasteiger partial charge in [0, 0.05) is 12.0 Å². The summed E-state index contributed by atoms with van der Waals surface area (Å²) in [6.07, 6.45) is 1.58. The Morgan fingerprint density at radius 2 is 1.94 bits per heavy atom. The summed E-state index contributed by atoms with van der Waals surface area (Å²) in [5.74, 6) is -0.641. The van der Waals surface area contributed by atoms with Crippen LogP contribution in [0.2, 0.25) is 0 Å². The van der Waals surface area contributed by atoms with Crippen molar-refractivity contribution in [3.63, 3.8) is 0 Å². The van der Waals surface area contributed by atoms with Gasteiger partial charge in [0.2, 0.25) is 5.75 Å². The monoisotopic (exact) mass is 439 g/mol. The van der Waals surface area contributed by atoms with E-state index in [4.69, 9.17) is 20.9 Å². The first kappa shape index (κ1) is 20.1. The normalized spacial score (nSPS) is 16.0. The average Bonchev–Trinajstić information content (AvgIpc) is 3.40. The van der Waals surface area contributed by atoms with Crippen molar-refractivity contribution in [2.24, 2.45) is 0 Å². The van der Waals surface area contributed by atoms with Crippen molar-refractivity contribution in [2.75, 3.05) is 24.7 Å². The summed E-state index contributed by atoms with van der Waals surface area (Å²) in [5, 5.41) is 4.82. The number of halogens is 2. The zero-order valence-electron chi connectivity index (χ0n) is 16.8. The second-order valence-electron chi connectivity index (χ2n) is 7.37. The SMILES string of the molecule is Nc1nc(-c2nn(Cc3ccccc3F)c3ncc(F)cc23)nc(N)c1OC1CCOC1. The topological polar surface area (TPSA) is 127 Å². The maximum absolute atomic E-state index is 14.2. The number of pyridine rings is 1. The van der Waals surface area contributed by atoms with Crippen LogP contribution in [0.1, 0.15) is 12.0 Å². The zero-order chi connectivity index (χ0) is 22.2. The van der Waals surface area contributed by atoms with Gasteiger partial charge < -0.3 is 20.9 Å². The van der Waals surface area contributed by atoms with E-state index in [0.29, 0.717) is 36.2 Å². The van der Waals surface area contributed by atoms with Crippen LogP contribution in [0, 0.1) is 11.6 Å². The lowest BCUT2D eigenvalue weighted by atomic mass is 10.2. The zero-order valence-corrected chi connectivity index (χ0v) is 16.8. The smallest absolute Gasteiger partial charge is 0.204 e. The molecule has 1 aliphatic rings. The molecule has 4 aromatic rings. The second-order valence-corrected chi connectivity index (χ2v) is 7.37. The molecule has 1 saturated heterocycles. The van der Waals surface area contributed by atoms with Gasteiger partial charge >= 0.3 is 0 Å². The molecular formula is C21H19F2N7O2. The van der Waals surface area contributed by atoms with Crippen LogP contribution in [-0.2, 0) is 11.3 Å². The molecular weight excluding hydrogens is 420 g/mol. The number of ether oxygens (including phenoxy) is 2. The van der Waals surface area contributed by atoms with E-state index in [0.717, 1.165) is 6.20 Å². The summed E-state index contributed by atoms with van der Waals surface area (Å²) < 4.78 is 40.7. The van der Waals surface area contributed by atoms with Gasteiger partial charge in [0.15, 0.2) is 23.1 Å². The van der Waals surface area contributed by atoms with E-state index in [1.54, 1.807) is 18.2 Å². The molecule has 9 nitrogen and oxygen atoms in total. The third kappa shape index (κ3) is 3.66. The first-order valence-corrected chi connectivity index (χ1v) is 9.93. The highest BCUT2D eigenvalue weighted by Gasteiger charge is 2.24. The van der Waals surface area contributed by atoms with Gasteiger partial charge in [-0.2, -0.15) is 5.10 Å². The number of benzene rings is 1. The maximum Gasteiger partial charge on any atom is 0.204 e. The highest BCUT2D eigenvalue weighted by molar-refractivity contribution is 5.90. The van der Waals surface area contributed by atoms with E-state index in [-0.39, 0.29) is 47.4 Å². The summed E-state index contributed by atoms with van der Waals surface area (Å²) in [6, 6.07) is 7.57. The first-order valence-electron chi connectivity index (χ1n) is 9.93. The molecule has 4 N–H and O–H groups in total. The Labute approximate surface area is 181 Å². The van der Waals surface area contributed by atoms with E-state index in [1.165, 1.54) is 16.8 Å². The molecule has 0 saturated carbocycles. The lowest BCUT2D eigenvalue weighted by Crippen LogP contribution is -2.18. The highest BCUT2D eigenvalue weighted by Crippen LogP contribution is 2.33. The van der Waals surface area contributed by atoms with Gasteiger partial charge in [-0.05, 0) is 12.1 Å². The van der Waals surface area contributed by atoms with Crippen molar-refractivity contribution in [2.45, 2.75) is 19.1 Å². The number of nitrogens with zero attached hydrogens (tertiary/aromatic N) is 5. The third-order valence-electron chi connectivity index (χ3n) is 5.13. The standard InChI is InChI=1S/C21H19F2N7O2/c22-12-7-14-16(20-27-18(24)17(19(25)28-20)32-13-5-6-31-10-13)29-30(21(14)26-8-12)9-11-3-1-2-4-15(11)23/h1-4,7-8,13H,5-6,9-10H2,(H4,24,25,27,28). The minimum atomic E-state index is -0.564. The van der Waals surface area contributed by atoms with E-state index < -0.39 is 5.82 Å². The molecule has 32 heavy (non-hydrogen) atoms. The number of aromatic nitrogens is 5.